The number of para-hydroxylation sites is 2. The highest BCUT2D eigenvalue weighted by molar-refractivity contribution is 6.33. The Labute approximate surface area is 163 Å². The van der Waals surface area contributed by atoms with Crippen molar-refractivity contribution >= 4 is 33.4 Å². The van der Waals surface area contributed by atoms with E-state index < -0.39 is 0 Å². The second kappa shape index (κ2) is 6.61. The van der Waals surface area contributed by atoms with E-state index in [1.165, 1.54) is 27.4 Å². The van der Waals surface area contributed by atoms with Gasteiger partial charge in [-0.3, -0.25) is 0 Å². The lowest BCUT2D eigenvalue weighted by atomic mass is 10.0. The van der Waals surface area contributed by atoms with Gasteiger partial charge in [0, 0.05) is 10.8 Å². The van der Waals surface area contributed by atoms with Crippen LogP contribution in [-0.2, 0) is 6.42 Å². The van der Waals surface area contributed by atoms with Crippen LogP contribution in [0.15, 0.2) is 97.1 Å². The third-order valence-corrected chi connectivity index (χ3v) is 5.55. The molecule has 0 aliphatic carbocycles. The van der Waals surface area contributed by atoms with Gasteiger partial charge in [0.15, 0.2) is 0 Å². The zero-order valence-electron chi connectivity index (χ0n) is 14.8. The second-order valence-corrected chi connectivity index (χ2v) is 7.16. The van der Waals surface area contributed by atoms with Crippen LogP contribution >= 0.6 is 11.6 Å². The van der Waals surface area contributed by atoms with E-state index >= 15 is 0 Å². The topological polar surface area (TPSA) is 4.93 Å². The van der Waals surface area contributed by atoms with Crippen molar-refractivity contribution < 1.29 is 0 Å². The Hall–Kier alpha value is -3.03. The molecule has 0 amide bonds. The summed E-state index contributed by atoms with van der Waals surface area (Å²) in [6.45, 7) is 0. The van der Waals surface area contributed by atoms with Gasteiger partial charge < -0.3 is 4.57 Å². The zero-order chi connectivity index (χ0) is 18.2. The predicted molar refractivity (Wildman–Crippen MR) is 115 cm³/mol. The molecule has 0 unspecified atom stereocenters. The van der Waals surface area contributed by atoms with E-state index in [9.17, 15) is 0 Å². The van der Waals surface area contributed by atoms with Crippen LogP contribution in [0.4, 0.5) is 0 Å². The maximum Gasteiger partial charge on any atom is 0.0682 e. The van der Waals surface area contributed by atoms with Crippen LogP contribution in [0.2, 0.25) is 5.02 Å². The third-order valence-electron chi connectivity index (χ3n) is 5.12. The van der Waals surface area contributed by atoms with Gasteiger partial charge in [0.1, 0.15) is 0 Å². The molecule has 0 saturated carbocycles. The minimum absolute atomic E-state index is 0.813. The van der Waals surface area contributed by atoms with E-state index in [1.54, 1.807) is 0 Å². The Morgan fingerprint density at radius 2 is 1.19 bits per heavy atom. The predicted octanol–water partition coefficient (Wildman–Crippen LogP) is 7.03. The van der Waals surface area contributed by atoms with E-state index in [1.807, 2.05) is 6.07 Å². The summed E-state index contributed by atoms with van der Waals surface area (Å²) in [5, 5.41) is 3.31. The molecule has 4 aromatic carbocycles. The second-order valence-electron chi connectivity index (χ2n) is 6.78. The highest BCUT2D eigenvalue weighted by atomic mass is 35.5. The van der Waals surface area contributed by atoms with E-state index in [4.69, 9.17) is 11.6 Å². The van der Waals surface area contributed by atoms with Crippen LogP contribution in [0, 0.1) is 0 Å². The van der Waals surface area contributed by atoms with Crippen molar-refractivity contribution in [3.63, 3.8) is 0 Å². The van der Waals surface area contributed by atoms with E-state index in [-0.39, 0.29) is 0 Å². The average molecular weight is 368 g/mol. The molecule has 130 valence electrons. The van der Waals surface area contributed by atoms with Crippen molar-refractivity contribution in [2.24, 2.45) is 0 Å². The molecule has 5 aromatic rings. The molecule has 0 fully saturated rings. The quantitative estimate of drug-likeness (QED) is 0.322. The lowest BCUT2D eigenvalue weighted by Gasteiger charge is -2.13. The van der Waals surface area contributed by atoms with Gasteiger partial charge in [0.05, 0.1) is 21.7 Å². The van der Waals surface area contributed by atoms with Gasteiger partial charge >= 0.3 is 0 Å². The number of hydrogen-bond donors (Lipinski definition) is 0. The van der Waals surface area contributed by atoms with E-state index in [2.05, 4.69) is 95.6 Å². The lowest BCUT2D eigenvalue weighted by molar-refractivity contribution is 1.14. The number of hydrogen-bond acceptors (Lipinski definition) is 0. The molecule has 1 aromatic heterocycles. The van der Waals surface area contributed by atoms with Crippen LogP contribution in [0.1, 0.15) is 11.1 Å². The van der Waals surface area contributed by atoms with Crippen molar-refractivity contribution in [2.45, 2.75) is 6.42 Å². The average Bonchev–Trinajstić information content (AvgIpc) is 3.05. The van der Waals surface area contributed by atoms with Crippen molar-refractivity contribution in [3.05, 3.63) is 113 Å². The van der Waals surface area contributed by atoms with Crippen LogP contribution < -0.4 is 0 Å². The number of rotatable bonds is 3. The maximum absolute atomic E-state index is 6.93. The van der Waals surface area contributed by atoms with E-state index in [0.29, 0.717) is 0 Å². The van der Waals surface area contributed by atoms with Crippen LogP contribution in [0.25, 0.3) is 27.5 Å². The Bertz CT molecular complexity index is 1200. The standard InChI is InChI=1S/C25H18ClN/c26-25-19(17-18-9-2-1-3-10-18)11-8-16-24(25)27-22-14-6-4-12-20(22)21-13-5-7-15-23(21)27/h1-16H,17H2. The Kier molecular flexibility index (Phi) is 3.95. The molecular formula is C25H18ClN. The first-order valence-corrected chi connectivity index (χ1v) is 9.50. The molecule has 0 bridgehead atoms. The molecule has 1 nitrogen and oxygen atoms in total. The summed E-state index contributed by atoms with van der Waals surface area (Å²) in [5.41, 5.74) is 5.79. The van der Waals surface area contributed by atoms with Crippen molar-refractivity contribution in [3.8, 4) is 5.69 Å². The number of nitrogens with zero attached hydrogens (tertiary/aromatic N) is 1. The Balaban J connectivity index is 1.75. The minimum Gasteiger partial charge on any atom is -0.308 e. The van der Waals surface area contributed by atoms with Gasteiger partial charge in [-0.15, -0.1) is 0 Å². The SMILES string of the molecule is Clc1c(Cc2ccccc2)cccc1-n1c2ccccc2c2ccccc21. The number of fused-ring (bicyclic) bond motifs is 3. The summed E-state index contributed by atoms with van der Waals surface area (Å²) in [6.07, 6.45) is 0.824. The van der Waals surface area contributed by atoms with Crippen molar-refractivity contribution in [1.29, 1.82) is 0 Å². The highest BCUT2D eigenvalue weighted by Crippen LogP contribution is 2.35. The molecule has 0 N–H and O–H groups in total. The fraction of sp³-hybridized carbons (Fsp3) is 0.0400. The highest BCUT2D eigenvalue weighted by Gasteiger charge is 2.15. The van der Waals surface area contributed by atoms with Crippen molar-refractivity contribution in [2.75, 3.05) is 0 Å². The molecule has 0 radical (unpaired) electrons. The largest absolute Gasteiger partial charge is 0.308 e. The van der Waals surface area contributed by atoms with Crippen LogP contribution in [0.3, 0.4) is 0 Å². The zero-order valence-corrected chi connectivity index (χ0v) is 15.5. The molecule has 5 rings (SSSR count). The summed E-state index contributed by atoms with van der Waals surface area (Å²) in [4.78, 5) is 0. The fourth-order valence-electron chi connectivity index (χ4n) is 3.87. The summed E-state index contributed by atoms with van der Waals surface area (Å²) >= 11 is 6.93. The molecule has 0 aliphatic heterocycles. The number of halogens is 1. The first-order valence-electron chi connectivity index (χ1n) is 9.13. The van der Waals surface area contributed by atoms with Gasteiger partial charge in [-0.05, 0) is 35.7 Å². The molecule has 0 atom stereocenters. The summed E-state index contributed by atoms with van der Waals surface area (Å²) in [7, 11) is 0. The maximum atomic E-state index is 6.93. The van der Waals surface area contributed by atoms with Gasteiger partial charge in [0.25, 0.3) is 0 Å². The smallest absolute Gasteiger partial charge is 0.0682 e. The summed E-state index contributed by atoms with van der Waals surface area (Å²) in [6, 6.07) is 33.8. The van der Waals surface area contributed by atoms with Crippen molar-refractivity contribution in [1.82, 2.24) is 4.57 Å². The molecule has 2 heteroatoms. The molecule has 0 spiro atoms. The molecule has 1 heterocycles. The Morgan fingerprint density at radius 3 is 1.85 bits per heavy atom. The van der Waals surface area contributed by atoms with Gasteiger partial charge in [0.2, 0.25) is 0 Å². The molecule has 0 aliphatic rings. The monoisotopic (exact) mass is 367 g/mol. The molecule has 0 saturated heterocycles. The van der Waals surface area contributed by atoms with Crippen LogP contribution in [0.5, 0.6) is 0 Å². The van der Waals surface area contributed by atoms with Gasteiger partial charge in [-0.2, -0.15) is 0 Å². The Morgan fingerprint density at radius 1 is 0.593 bits per heavy atom. The minimum atomic E-state index is 0.813. The fourth-order valence-corrected chi connectivity index (χ4v) is 4.15. The first kappa shape index (κ1) is 16.2. The van der Waals surface area contributed by atoms with Gasteiger partial charge in [-0.25, -0.2) is 0 Å². The number of aromatic nitrogens is 1. The van der Waals surface area contributed by atoms with Crippen LogP contribution in [-0.4, -0.2) is 4.57 Å². The first-order chi connectivity index (χ1) is 13.3. The third kappa shape index (κ3) is 2.72. The van der Waals surface area contributed by atoms with E-state index in [0.717, 1.165) is 22.7 Å². The molecule has 27 heavy (non-hydrogen) atoms. The molecular weight excluding hydrogens is 350 g/mol. The summed E-state index contributed by atoms with van der Waals surface area (Å²) < 4.78 is 2.28. The normalized spacial score (nSPS) is 11.3. The summed E-state index contributed by atoms with van der Waals surface area (Å²) in [5.74, 6) is 0. The number of benzene rings is 4. The lowest BCUT2D eigenvalue weighted by Crippen LogP contribution is -1.98. The van der Waals surface area contributed by atoms with Gasteiger partial charge in [-0.1, -0.05) is 90.5 Å².